The minimum absolute atomic E-state index is 0.291. The number of nitrogens with one attached hydrogen (secondary N) is 1. The van der Waals surface area contributed by atoms with Crippen LogP contribution in [0.15, 0.2) is 6.20 Å². The number of carbonyl (C=O) groups excluding carboxylic acids is 1. The molecule has 0 amide bonds. The largest absolute Gasteiger partial charge is 0.454 e. The summed E-state index contributed by atoms with van der Waals surface area (Å²) in [5.41, 5.74) is 0.291. The molecule has 1 aliphatic carbocycles. The Morgan fingerprint density at radius 2 is 2.54 bits per heavy atom. The first-order chi connectivity index (χ1) is 6.18. The van der Waals surface area contributed by atoms with E-state index < -0.39 is 18.2 Å². The average molecular weight is 296 g/mol. The third kappa shape index (κ3) is 1.82. The smallest absolute Gasteiger partial charge is 0.357 e. The molecule has 4 nitrogen and oxygen atoms in total. The summed E-state index contributed by atoms with van der Waals surface area (Å²) in [6.45, 7) is 0. The minimum atomic E-state index is -0.982. The molecule has 1 heterocycles. The molecule has 0 bridgehead atoms. The highest BCUT2D eigenvalue weighted by atomic mass is 127. The predicted molar refractivity (Wildman–Crippen MR) is 50.0 cm³/mol. The second-order valence-corrected chi connectivity index (χ2v) is 3.95. The molecule has 0 aliphatic heterocycles. The molecule has 0 radical (unpaired) electrons. The Morgan fingerprint density at radius 3 is 3.00 bits per heavy atom. The number of alkyl halides is 1. The summed E-state index contributed by atoms with van der Waals surface area (Å²) >= 11 is 1.95. The summed E-state index contributed by atoms with van der Waals surface area (Å²) in [6.07, 6.45) is 0.295. The lowest BCUT2D eigenvalue weighted by Gasteiger charge is -1.99. The van der Waals surface area contributed by atoms with Crippen molar-refractivity contribution in [1.29, 1.82) is 0 Å². The lowest BCUT2D eigenvalue weighted by molar-refractivity contribution is 0.0430. The molecule has 1 saturated carbocycles. The molecule has 0 aromatic carbocycles. The van der Waals surface area contributed by atoms with Gasteiger partial charge in [-0.2, -0.15) is 5.10 Å². The van der Waals surface area contributed by atoms with Crippen molar-refractivity contribution in [2.45, 2.75) is 18.7 Å². The molecule has 0 saturated heterocycles. The fraction of sp³-hybridized carbons (Fsp3) is 0.429. The van der Waals surface area contributed by atoms with Gasteiger partial charge in [-0.05, 0) is 22.6 Å². The molecule has 13 heavy (non-hydrogen) atoms. The molecule has 70 valence electrons. The third-order valence-electron chi connectivity index (χ3n) is 1.71. The molecular weight excluding hydrogens is 290 g/mol. The van der Waals surface area contributed by atoms with Crippen molar-refractivity contribution >= 4 is 28.6 Å². The van der Waals surface area contributed by atoms with E-state index in [2.05, 4.69) is 10.2 Å². The van der Waals surface area contributed by atoms with Crippen LogP contribution in [0, 0.1) is 3.57 Å². The van der Waals surface area contributed by atoms with Crippen LogP contribution in [0.3, 0.4) is 0 Å². The second kappa shape index (κ2) is 3.24. The van der Waals surface area contributed by atoms with Gasteiger partial charge >= 0.3 is 5.97 Å². The molecule has 2 atom stereocenters. The predicted octanol–water partition coefficient (Wildman–Crippen LogP) is 1.28. The number of ether oxygens (including phenoxy) is 1. The Labute approximate surface area is 87.0 Å². The Morgan fingerprint density at radius 1 is 1.85 bits per heavy atom. The summed E-state index contributed by atoms with van der Waals surface area (Å²) < 4.78 is 17.9. The molecule has 1 fully saturated rings. The van der Waals surface area contributed by atoms with E-state index >= 15 is 0 Å². The summed E-state index contributed by atoms with van der Waals surface area (Å²) in [4.78, 5) is 11.3. The Kier molecular flexibility index (Phi) is 2.22. The van der Waals surface area contributed by atoms with Gasteiger partial charge in [0.15, 0.2) is 5.69 Å². The van der Waals surface area contributed by atoms with Crippen molar-refractivity contribution < 1.29 is 13.9 Å². The van der Waals surface area contributed by atoms with Gasteiger partial charge in [-0.1, -0.05) is 0 Å². The monoisotopic (exact) mass is 296 g/mol. The van der Waals surface area contributed by atoms with Crippen molar-refractivity contribution in [2.75, 3.05) is 0 Å². The van der Waals surface area contributed by atoms with Gasteiger partial charge in [-0.25, -0.2) is 9.18 Å². The highest BCUT2D eigenvalue weighted by Gasteiger charge is 2.41. The van der Waals surface area contributed by atoms with Gasteiger partial charge in [0.1, 0.15) is 12.3 Å². The highest BCUT2D eigenvalue weighted by Crippen LogP contribution is 2.29. The molecule has 1 aromatic heterocycles. The molecular formula is C7H6FIN2O2. The van der Waals surface area contributed by atoms with Crippen LogP contribution in [0.25, 0.3) is 0 Å². The van der Waals surface area contributed by atoms with Crippen LogP contribution >= 0.6 is 22.6 Å². The number of halogens is 2. The SMILES string of the molecule is O=C(OC1CC1F)c1[nH]ncc1I. The van der Waals surface area contributed by atoms with Crippen LogP contribution in [-0.4, -0.2) is 28.4 Å². The number of nitrogens with zero attached hydrogens (tertiary/aromatic N) is 1. The van der Waals surface area contributed by atoms with Gasteiger partial charge in [-0.15, -0.1) is 0 Å². The van der Waals surface area contributed by atoms with Crippen LogP contribution in [-0.2, 0) is 4.74 Å². The Hall–Kier alpha value is -0.660. The van der Waals surface area contributed by atoms with Crippen LogP contribution < -0.4 is 0 Å². The number of carbonyl (C=O) groups is 1. The molecule has 2 rings (SSSR count). The zero-order valence-corrected chi connectivity index (χ0v) is 8.62. The zero-order chi connectivity index (χ0) is 9.42. The van der Waals surface area contributed by atoms with E-state index in [1.165, 1.54) is 6.20 Å². The maximum atomic E-state index is 12.4. The molecule has 1 N–H and O–H groups in total. The minimum Gasteiger partial charge on any atom is -0.454 e. The topological polar surface area (TPSA) is 55.0 Å². The molecule has 0 spiro atoms. The zero-order valence-electron chi connectivity index (χ0n) is 6.46. The summed E-state index contributed by atoms with van der Waals surface area (Å²) in [5.74, 6) is -0.535. The van der Waals surface area contributed by atoms with Crippen molar-refractivity contribution in [3.63, 3.8) is 0 Å². The first-order valence-electron chi connectivity index (χ1n) is 3.72. The van der Waals surface area contributed by atoms with Gasteiger partial charge < -0.3 is 4.74 Å². The maximum absolute atomic E-state index is 12.4. The number of aromatic amines is 1. The van der Waals surface area contributed by atoms with Crippen LogP contribution in [0.2, 0.25) is 0 Å². The summed E-state index contributed by atoms with van der Waals surface area (Å²) in [5, 5.41) is 6.16. The molecule has 1 aromatic rings. The number of esters is 1. The van der Waals surface area contributed by atoms with Crippen molar-refractivity contribution in [3.8, 4) is 0 Å². The molecule has 2 unspecified atom stereocenters. The van der Waals surface area contributed by atoms with Gasteiger partial charge in [0.25, 0.3) is 0 Å². The number of rotatable bonds is 2. The van der Waals surface area contributed by atoms with Gasteiger partial charge in [-0.3, -0.25) is 5.10 Å². The second-order valence-electron chi connectivity index (χ2n) is 2.79. The lowest BCUT2D eigenvalue weighted by Crippen LogP contribution is -2.10. The van der Waals surface area contributed by atoms with Crippen LogP contribution in [0.1, 0.15) is 16.9 Å². The lowest BCUT2D eigenvalue weighted by atomic mass is 10.4. The Balaban J connectivity index is 2.01. The fourth-order valence-corrected chi connectivity index (χ4v) is 1.36. The van der Waals surface area contributed by atoms with Crippen LogP contribution in [0.5, 0.6) is 0 Å². The maximum Gasteiger partial charge on any atom is 0.357 e. The van der Waals surface area contributed by atoms with Gasteiger partial charge in [0.05, 0.1) is 9.77 Å². The molecule has 6 heteroatoms. The average Bonchev–Trinajstić information content (AvgIpc) is 2.62. The van der Waals surface area contributed by atoms with E-state index in [0.717, 1.165) is 0 Å². The Bertz CT molecular complexity index is 341. The number of H-pyrrole nitrogens is 1. The molecule has 1 aliphatic rings. The van der Waals surface area contributed by atoms with Crippen molar-refractivity contribution in [3.05, 3.63) is 15.5 Å². The van der Waals surface area contributed by atoms with Crippen LogP contribution in [0.4, 0.5) is 4.39 Å². The van der Waals surface area contributed by atoms with E-state index in [4.69, 9.17) is 4.74 Å². The normalized spacial score (nSPS) is 25.7. The van der Waals surface area contributed by atoms with Gasteiger partial charge in [0, 0.05) is 6.42 Å². The number of hydrogen-bond acceptors (Lipinski definition) is 3. The quantitative estimate of drug-likeness (QED) is 0.661. The van der Waals surface area contributed by atoms with E-state index in [0.29, 0.717) is 15.7 Å². The van der Waals surface area contributed by atoms with E-state index in [9.17, 15) is 9.18 Å². The third-order valence-corrected chi connectivity index (χ3v) is 2.53. The number of aromatic nitrogens is 2. The fourth-order valence-electron chi connectivity index (χ4n) is 0.876. The van der Waals surface area contributed by atoms with E-state index in [1.807, 2.05) is 22.6 Å². The highest BCUT2D eigenvalue weighted by molar-refractivity contribution is 14.1. The standard InChI is InChI=1S/C7H6FIN2O2/c8-3-1-5(3)13-7(12)6-4(9)2-10-11-6/h2-3,5H,1H2,(H,10,11). The van der Waals surface area contributed by atoms with Crippen molar-refractivity contribution in [1.82, 2.24) is 10.2 Å². The van der Waals surface area contributed by atoms with Gasteiger partial charge in [0.2, 0.25) is 0 Å². The van der Waals surface area contributed by atoms with Crippen molar-refractivity contribution in [2.24, 2.45) is 0 Å². The summed E-state index contributed by atoms with van der Waals surface area (Å²) in [6, 6.07) is 0. The van der Waals surface area contributed by atoms with E-state index in [1.54, 1.807) is 0 Å². The number of hydrogen-bond donors (Lipinski definition) is 1. The first kappa shape index (κ1) is 8.92. The summed E-state index contributed by atoms with van der Waals surface area (Å²) in [7, 11) is 0. The van der Waals surface area contributed by atoms with E-state index in [-0.39, 0.29) is 0 Å². The first-order valence-corrected chi connectivity index (χ1v) is 4.80.